The molecule has 2 aromatic heterocycles. The van der Waals surface area contributed by atoms with Gasteiger partial charge in [-0.3, -0.25) is 9.89 Å². The fraction of sp³-hybridized carbons (Fsp3) is 0.389. The summed E-state index contributed by atoms with van der Waals surface area (Å²) < 4.78 is 5.39. The van der Waals surface area contributed by atoms with E-state index in [-0.39, 0.29) is 5.56 Å². The minimum Gasteiger partial charge on any atom is -0.496 e. The molecule has 0 amide bonds. The van der Waals surface area contributed by atoms with E-state index in [4.69, 9.17) is 9.72 Å². The number of hydrogen-bond acceptors (Lipinski definition) is 4. The number of methoxy groups -OCH3 is 1. The van der Waals surface area contributed by atoms with Crippen LogP contribution >= 0.6 is 0 Å². The van der Waals surface area contributed by atoms with Crippen LogP contribution < -0.4 is 10.3 Å². The molecule has 2 N–H and O–H groups in total. The Labute approximate surface area is 139 Å². The maximum atomic E-state index is 12.4. The number of benzene rings is 1. The van der Waals surface area contributed by atoms with Crippen molar-refractivity contribution < 1.29 is 4.74 Å². The van der Waals surface area contributed by atoms with Gasteiger partial charge < -0.3 is 9.72 Å². The Morgan fingerprint density at radius 1 is 1.21 bits per heavy atom. The van der Waals surface area contributed by atoms with Crippen molar-refractivity contribution in [1.82, 2.24) is 20.2 Å². The quantitative estimate of drug-likeness (QED) is 0.773. The summed E-state index contributed by atoms with van der Waals surface area (Å²) in [7, 11) is 1.65. The second-order valence-electron chi connectivity index (χ2n) is 6.32. The molecule has 1 aromatic carbocycles. The SMILES string of the molecule is COc1ccccc1Cc1nc2c(C3CCCC3)[nH]nc2c(=O)[nH]1. The molecule has 0 saturated heterocycles. The topological polar surface area (TPSA) is 83.7 Å². The third-order valence-electron chi connectivity index (χ3n) is 4.80. The van der Waals surface area contributed by atoms with Gasteiger partial charge in [-0.05, 0) is 18.9 Å². The van der Waals surface area contributed by atoms with Crippen LogP contribution in [0.2, 0.25) is 0 Å². The predicted octanol–water partition coefficient (Wildman–Crippen LogP) is 2.90. The number of rotatable bonds is 4. The lowest BCUT2D eigenvalue weighted by molar-refractivity contribution is 0.410. The molecular formula is C18H20N4O2. The van der Waals surface area contributed by atoms with Crippen molar-refractivity contribution in [3.05, 3.63) is 51.7 Å². The molecule has 2 heterocycles. The van der Waals surface area contributed by atoms with Crippen molar-refractivity contribution in [2.45, 2.75) is 38.0 Å². The number of nitrogens with one attached hydrogen (secondary N) is 2. The van der Waals surface area contributed by atoms with E-state index < -0.39 is 0 Å². The number of nitrogens with zero attached hydrogens (tertiary/aromatic N) is 2. The van der Waals surface area contributed by atoms with E-state index in [2.05, 4.69) is 15.2 Å². The Hall–Kier alpha value is -2.63. The summed E-state index contributed by atoms with van der Waals surface area (Å²) >= 11 is 0. The number of para-hydroxylation sites is 1. The molecule has 1 fully saturated rings. The largest absolute Gasteiger partial charge is 0.496 e. The molecule has 1 aliphatic rings. The van der Waals surface area contributed by atoms with Gasteiger partial charge in [0.2, 0.25) is 0 Å². The van der Waals surface area contributed by atoms with Crippen LogP contribution in [0.1, 0.15) is 48.7 Å². The average Bonchev–Trinajstić information content (AvgIpc) is 3.24. The van der Waals surface area contributed by atoms with Gasteiger partial charge in [0.1, 0.15) is 17.1 Å². The Kier molecular flexibility index (Phi) is 3.80. The van der Waals surface area contributed by atoms with Crippen LogP contribution in [0.3, 0.4) is 0 Å². The number of fused-ring (bicyclic) bond motifs is 1. The van der Waals surface area contributed by atoms with E-state index in [1.165, 1.54) is 12.8 Å². The Morgan fingerprint density at radius 2 is 2.00 bits per heavy atom. The predicted molar refractivity (Wildman–Crippen MR) is 91.5 cm³/mol. The molecular weight excluding hydrogens is 304 g/mol. The zero-order valence-corrected chi connectivity index (χ0v) is 13.6. The van der Waals surface area contributed by atoms with E-state index in [0.717, 1.165) is 35.4 Å². The molecule has 0 spiro atoms. The fourth-order valence-corrected chi connectivity index (χ4v) is 3.59. The fourth-order valence-electron chi connectivity index (χ4n) is 3.59. The monoisotopic (exact) mass is 324 g/mol. The Morgan fingerprint density at radius 3 is 2.79 bits per heavy atom. The van der Waals surface area contributed by atoms with Crippen molar-refractivity contribution in [3.63, 3.8) is 0 Å². The molecule has 0 radical (unpaired) electrons. The van der Waals surface area contributed by atoms with E-state index in [1.807, 2.05) is 24.3 Å². The van der Waals surface area contributed by atoms with Gasteiger partial charge in [-0.25, -0.2) is 4.98 Å². The van der Waals surface area contributed by atoms with Gasteiger partial charge in [-0.15, -0.1) is 0 Å². The molecule has 1 aliphatic carbocycles. The Bertz CT molecular complexity index is 922. The van der Waals surface area contributed by atoms with Crippen LogP contribution in [0, 0.1) is 0 Å². The molecule has 124 valence electrons. The number of aromatic amines is 2. The molecule has 3 aromatic rings. The minimum absolute atomic E-state index is 0.189. The van der Waals surface area contributed by atoms with Crippen LogP contribution in [0.4, 0.5) is 0 Å². The van der Waals surface area contributed by atoms with Crippen LogP contribution in [0.25, 0.3) is 11.0 Å². The number of aromatic nitrogens is 4. The molecule has 0 aliphatic heterocycles. The van der Waals surface area contributed by atoms with Gasteiger partial charge in [0.25, 0.3) is 5.56 Å². The summed E-state index contributed by atoms with van der Waals surface area (Å²) in [5, 5.41) is 7.24. The van der Waals surface area contributed by atoms with Gasteiger partial charge in [-0.1, -0.05) is 31.0 Å². The van der Waals surface area contributed by atoms with Crippen molar-refractivity contribution in [1.29, 1.82) is 0 Å². The number of H-pyrrole nitrogens is 2. The Balaban J connectivity index is 1.76. The smallest absolute Gasteiger partial charge is 0.279 e. The molecule has 4 rings (SSSR count). The maximum Gasteiger partial charge on any atom is 0.279 e. The van der Waals surface area contributed by atoms with Gasteiger partial charge in [-0.2, -0.15) is 5.10 Å². The highest BCUT2D eigenvalue weighted by molar-refractivity contribution is 5.76. The third-order valence-corrected chi connectivity index (χ3v) is 4.80. The van der Waals surface area contributed by atoms with E-state index >= 15 is 0 Å². The summed E-state index contributed by atoms with van der Waals surface area (Å²) in [5.74, 6) is 1.87. The van der Waals surface area contributed by atoms with Crippen LogP contribution in [-0.4, -0.2) is 27.3 Å². The lowest BCUT2D eigenvalue weighted by atomic mass is 10.0. The minimum atomic E-state index is -0.189. The molecule has 6 nitrogen and oxygen atoms in total. The summed E-state index contributed by atoms with van der Waals surface area (Å²) in [6, 6.07) is 7.77. The second kappa shape index (κ2) is 6.11. The standard InChI is InChI=1S/C18H20N4O2/c1-24-13-9-5-4-8-12(13)10-14-19-16-15(11-6-2-3-7-11)21-22-17(16)18(23)20-14/h4-5,8-9,11H,2-3,6-7,10H2,1H3,(H,21,22)(H,19,20,23). The van der Waals surface area contributed by atoms with Crippen LogP contribution in [0.5, 0.6) is 5.75 Å². The molecule has 1 saturated carbocycles. The van der Waals surface area contributed by atoms with Gasteiger partial charge in [0, 0.05) is 17.9 Å². The van der Waals surface area contributed by atoms with Crippen molar-refractivity contribution in [3.8, 4) is 5.75 Å². The van der Waals surface area contributed by atoms with Gasteiger partial charge in [0.15, 0.2) is 5.52 Å². The van der Waals surface area contributed by atoms with E-state index in [1.54, 1.807) is 7.11 Å². The zero-order chi connectivity index (χ0) is 16.5. The summed E-state index contributed by atoms with van der Waals surface area (Å²) in [6.45, 7) is 0. The average molecular weight is 324 g/mol. The highest BCUT2D eigenvalue weighted by atomic mass is 16.5. The van der Waals surface area contributed by atoms with E-state index in [0.29, 0.717) is 23.7 Å². The van der Waals surface area contributed by atoms with E-state index in [9.17, 15) is 4.79 Å². The first-order valence-corrected chi connectivity index (χ1v) is 8.35. The summed E-state index contributed by atoms with van der Waals surface area (Å²) in [6.07, 6.45) is 5.23. The third kappa shape index (κ3) is 2.58. The second-order valence-corrected chi connectivity index (χ2v) is 6.32. The first-order chi connectivity index (χ1) is 11.8. The van der Waals surface area contributed by atoms with Gasteiger partial charge in [0.05, 0.1) is 12.8 Å². The summed E-state index contributed by atoms with van der Waals surface area (Å²) in [4.78, 5) is 19.9. The molecule has 6 heteroatoms. The zero-order valence-electron chi connectivity index (χ0n) is 13.6. The first-order valence-electron chi connectivity index (χ1n) is 8.35. The first kappa shape index (κ1) is 14.9. The van der Waals surface area contributed by atoms with Crippen LogP contribution in [0.15, 0.2) is 29.1 Å². The molecule has 0 unspecified atom stereocenters. The van der Waals surface area contributed by atoms with Crippen LogP contribution in [-0.2, 0) is 6.42 Å². The van der Waals surface area contributed by atoms with Crippen molar-refractivity contribution in [2.75, 3.05) is 7.11 Å². The molecule has 24 heavy (non-hydrogen) atoms. The maximum absolute atomic E-state index is 12.4. The lowest BCUT2D eigenvalue weighted by Crippen LogP contribution is -2.12. The van der Waals surface area contributed by atoms with Crippen molar-refractivity contribution in [2.24, 2.45) is 0 Å². The highest BCUT2D eigenvalue weighted by Gasteiger charge is 2.23. The number of ether oxygens (including phenoxy) is 1. The molecule has 0 bridgehead atoms. The van der Waals surface area contributed by atoms with Gasteiger partial charge >= 0.3 is 0 Å². The lowest BCUT2D eigenvalue weighted by Gasteiger charge is -2.09. The molecule has 0 atom stereocenters. The van der Waals surface area contributed by atoms with Crippen molar-refractivity contribution >= 4 is 11.0 Å². The highest BCUT2D eigenvalue weighted by Crippen LogP contribution is 2.35. The number of hydrogen-bond donors (Lipinski definition) is 2. The normalized spacial score (nSPS) is 15.2. The summed E-state index contributed by atoms with van der Waals surface area (Å²) in [5.41, 5.74) is 2.94.